The molecule has 248 valence electrons. The van der Waals surface area contributed by atoms with Gasteiger partial charge in [-0.05, 0) is 45.0 Å². The highest BCUT2D eigenvalue weighted by molar-refractivity contribution is 7.98. The number of unbranched alkanes of at least 4 members (excludes halogenated alkanes) is 2. The van der Waals surface area contributed by atoms with Crippen LogP contribution in [0.4, 0.5) is 79.0 Å². The fourth-order valence-electron chi connectivity index (χ4n) is 2.85. The monoisotopic (exact) mass is 669 g/mol. The third-order valence-electron chi connectivity index (χ3n) is 5.28. The van der Waals surface area contributed by atoms with Crippen molar-refractivity contribution in [3.63, 3.8) is 0 Å². The first-order valence-electron chi connectivity index (χ1n) is 11.3. The van der Waals surface area contributed by atoms with Crippen molar-refractivity contribution < 1.29 is 83.8 Å². The zero-order valence-corrected chi connectivity index (χ0v) is 22.6. The van der Waals surface area contributed by atoms with E-state index in [9.17, 15) is 83.8 Å². The lowest BCUT2D eigenvalue weighted by atomic mass is 9.91. The quantitative estimate of drug-likeness (QED) is 0.109. The van der Waals surface area contributed by atoms with Gasteiger partial charge in [-0.3, -0.25) is 4.79 Å². The Hall–Kier alpha value is -1.24. The van der Waals surface area contributed by atoms with Gasteiger partial charge in [0.05, 0.1) is 0 Å². The fraction of sp³-hybridized carbons (Fsp3) is 0.952. The number of alkyl halides is 18. The first-order valence-corrected chi connectivity index (χ1v) is 12.9. The molecular weight excluding hydrogens is 642 g/mol. The van der Waals surface area contributed by atoms with Crippen molar-refractivity contribution in [1.29, 1.82) is 0 Å². The highest BCUT2D eigenvalue weighted by Crippen LogP contribution is 2.64. The second kappa shape index (κ2) is 13.6. The van der Waals surface area contributed by atoms with Crippen LogP contribution in [0, 0.1) is 0 Å². The highest BCUT2D eigenvalue weighted by Gasteiger charge is 2.95. The molecule has 0 N–H and O–H groups in total. The summed E-state index contributed by atoms with van der Waals surface area (Å²) >= 11 is 0. The predicted molar refractivity (Wildman–Crippen MR) is 113 cm³/mol. The van der Waals surface area contributed by atoms with E-state index in [1.54, 1.807) is 0 Å². The molecule has 41 heavy (non-hydrogen) atoms. The van der Waals surface area contributed by atoms with Crippen molar-refractivity contribution in [3.05, 3.63) is 0 Å². The maximum Gasteiger partial charge on any atom is 0.460 e. The Kier molecular flexibility index (Phi) is 13.9. The van der Waals surface area contributed by atoms with Crippen LogP contribution in [0.2, 0.25) is 0 Å². The van der Waals surface area contributed by atoms with Crippen LogP contribution < -0.4 is 0 Å². The van der Waals surface area contributed by atoms with E-state index >= 15 is 0 Å². The standard InChI is InChI=1S/C13H27OS.C8F18/c1-6-7-8-9-13(14)10-15(11(2)3)12(4)5;9-1(10,3(13,14)5(17,18)7(21,22)23)2(11,12)4(15,16)6(19,20)8(24,25)26/h11-12H,6-10H2,1-5H3;/q+1;. The molecule has 0 heterocycles. The number of hydrogen-bond acceptors (Lipinski definition) is 1. The van der Waals surface area contributed by atoms with Crippen molar-refractivity contribution in [2.24, 2.45) is 0 Å². The third kappa shape index (κ3) is 8.44. The van der Waals surface area contributed by atoms with E-state index in [2.05, 4.69) is 34.6 Å². The molecule has 0 aliphatic heterocycles. The molecule has 0 saturated heterocycles. The molecule has 0 aromatic heterocycles. The molecule has 0 fully saturated rings. The van der Waals surface area contributed by atoms with E-state index in [4.69, 9.17) is 0 Å². The number of hydrogen-bond donors (Lipinski definition) is 0. The zero-order chi connectivity index (χ0) is 33.8. The fourth-order valence-corrected chi connectivity index (χ4v) is 5.12. The van der Waals surface area contributed by atoms with Gasteiger partial charge in [-0.2, -0.15) is 79.0 Å². The van der Waals surface area contributed by atoms with Gasteiger partial charge in [0.15, 0.2) is 11.5 Å². The number of Topliss-reactive ketones (excluding diaryl/α,β-unsaturated/α-hetero) is 1. The number of carbonyl (C=O) groups is 1. The van der Waals surface area contributed by atoms with Crippen LogP contribution in [0.1, 0.15) is 60.3 Å². The van der Waals surface area contributed by atoms with Crippen LogP contribution in [-0.4, -0.2) is 69.9 Å². The van der Waals surface area contributed by atoms with E-state index < -0.39 is 47.9 Å². The summed E-state index contributed by atoms with van der Waals surface area (Å²) < 4.78 is 221. The molecule has 0 amide bonds. The summed E-state index contributed by atoms with van der Waals surface area (Å²) in [5.74, 6) is -49.7. The third-order valence-corrected chi connectivity index (χ3v) is 8.36. The Bertz CT molecular complexity index is 773. The predicted octanol–water partition coefficient (Wildman–Crippen LogP) is 9.49. The molecule has 0 bridgehead atoms. The summed E-state index contributed by atoms with van der Waals surface area (Å²) in [6.45, 7) is 11.1. The Morgan fingerprint density at radius 1 is 0.512 bits per heavy atom. The first kappa shape index (κ1) is 41.9. The highest BCUT2D eigenvalue weighted by atomic mass is 32.2. The van der Waals surface area contributed by atoms with Crippen LogP contribution in [0.3, 0.4) is 0 Å². The van der Waals surface area contributed by atoms with Crippen molar-refractivity contribution in [1.82, 2.24) is 0 Å². The topological polar surface area (TPSA) is 17.1 Å². The van der Waals surface area contributed by atoms with Crippen molar-refractivity contribution in [3.8, 4) is 0 Å². The van der Waals surface area contributed by atoms with E-state index in [0.29, 0.717) is 16.3 Å². The minimum absolute atomic E-state index is 0.287. The van der Waals surface area contributed by atoms with E-state index in [0.717, 1.165) is 18.6 Å². The smallest absolute Gasteiger partial charge is 0.294 e. The van der Waals surface area contributed by atoms with E-state index in [-0.39, 0.29) is 10.9 Å². The summed E-state index contributed by atoms with van der Waals surface area (Å²) in [6, 6.07) is 0. The SMILES string of the molecule is CCCCCC(=O)C[S+](C(C)C)C(C)C.FC(F)(F)C(F)(F)C(F)(F)C(F)(F)C(F)(F)C(F)(F)C(F)(F)C(F)(F)F. The largest absolute Gasteiger partial charge is 0.460 e. The molecular formula is C21H27F18OS+. The lowest BCUT2D eigenvalue weighted by molar-refractivity contribution is -0.468. The minimum Gasteiger partial charge on any atom is -0.294 e. The summed E-state index contributed by atoms with van der Waals surface area (Å²) in [5.41, 5.74) is 0. The molecule has 0 aromatic rings. The molecule has 0 saturated carbocycles. The lowest BCUT2D eigenvalue weighted by Crippen LogP contribution is -2.74. The van der Waals surface area contributed by atoms with Gasteiger partial charge in [-0.1, -0.05) is 19.8 Å². The van der Waals surface area contributed by atoms with Gasteiger partial charge in [0.1, 0.15) is 10.5 Å². The average Bonchev–Trinajstić information content (AvgIpc) is 2.75. The molecule has 0 spiro atoms. The summed E-state index contributed by atoms with van der Waals surface area (Å²) in [6.07, 6.45) is -11.3. The number of ketones is 1. The van der Waals surface area contributed by atoms with Gasteiger partial charge in [0.2, 0.25) is 0 Å². The maximum absolute atomic E-state index is 12.8. The molecule has 0 atom stereocenters. The number of rotatable bonds is 13. The Morgan fingerprint density at radius 3 is 1.00 bits per heavy atom. The molecule has 0 aliphatic carbocycles. The lowest BCUT2D eigenvalue weighted by Gasteiger charge is -2.41. The van der Waals surface area contributed by atoms with Gasteiger partial charge < -0.3 is 0 Å². The minimum atomic E-state index is -8.72. The first-order chi connectivity index (χ1) is 17.7. The summed E-state index contributed by atoms with van der Waals surface area (Å²) in [7, 11) is 0.287. The Balaban J connectivity index is 0. The molecule has 0 radical (unpaired) electrons. The van der Waals surface area contributed by atoms with E-state index in [1.807, 2.05) is 0 Å². The Morgan fingerprint density at radius 2 is 0.780 bits per heavy atom. The van der Waals surface area contributed by atoms with E-state index in [1.165, 1.54) is 12.8 Å². The second-order valence-electron chi connectivity index (χ2n) is 9.15. The van der Waals surface area contributed by atoms with Crippen LogP contribution in [0.25, 0.3) is 0 Å². The molecule has 0 unspecified atom stereocenters. The van der Waals surface area contributed by atoms with Gasteiger partial charge >= 0.3 is 47.9 Å². The normalized spacial score (nSPS) is 15.0. The van der Waals surface area contributed by atoms with Gasteiger partial charge in [0.25, 0.3) is 0 Å². The second-order valence-corrected chi connectivity index (χ2v) is 12.3. The number of halogens is 18. The van der Waals surface area contributed by atoms with Crippen LogP contribution >= 0.6 is 0 Å². The van der Waals surface area contributed by atoms with Crippen molar-refractivity contribution in [2.75, 3.05) is 5.75 Å². The maximum atomic E-state index is 12.8. The van der Waals surface area contributed by atoms with Crippen LogP contribution in [0.15, 0.2) is 0 Å². The van der Waals surface area contributed by atoms with Crippen LogP contribution in [0.5, 0.6) is 0 Å². The zero-order valence-electron chi connectivity index (χ0n) is 21.8. The number of carbonyl (C=O) groups excluding carboxylic acids is 1. The van der Waals surface area contributed by atoms with Gasteiger partial charge in [-0.15, -0.1) is 0 Å². The molecule has 20 heteroatoms. The average molecular weight is 669 g/mol. The van der Waals surface area contributed by atoms with Crippen molar-refractivity contribution >= 4 is 16.7 Å². The van der Waals surface area contributed by atoms with Gasteiger partial charge in [0, 0.05) is 6.42 Å². The van der Waals surface area contributed by atoms with Crippen LogP contribution in [-0.2, 0) is 15.7 Å². The molecule has 0 aromatic carbocycles. The molecule has 1 nitrogen and oxygen atoms in total. The summed E-state index contributed by atoms with van der Waals surface area (Å²) in [5, 5.41) is 1.31. The molecule has 0 rings (SSSR count). The summed E-state index contributed by atoms with van der Waals surface area (Å²) in [4.78, 5) is 11.7. The van der Waals surface area contributed by atoms with Gasteiger partial charge in [-0.25, -0.2) is 0 Å². The Labute approximate surface area is 225 Å². The van der Waals surface area contributed by atoms with Crippen molar-refractivity contribution in [2.45, 2.75) is 119 Å². The molecule has 0 aliphatic rings.